The number of Topliss-reactive ketones (excluding diaryl/α,β-unsaturated/α-hetero) is 2. The predicted octanol–water partition coefficient (Wildman–Crippen LogP) is 0.735. The van der Waals surface area contributed by atoms with Crippen LogP contribution >= 0.6 is 12.4 Å². The van der Waals surface area contributed by atoms with Gasteiger partial charge in [0, 0.05) is 17.4 Å². The van der Waals surface area contributed by atoms with Crippen molar-refractivity contribution in [1.29, 1.82) is 0 Å². The second-order valence-corrected chi connectivity index (χ2v) is 11.1. The number of likely N-dealkylation sites (tertiary alicyclic amines) is 1. The summed E-state index contributed by atoms with van der Waals surface area (Å²) >= 11 is 0. The van der Waals surface area contributed by atoms with Crippen LogP contribution in [-0.2, 0) is 20.0 Å². The predicted molar refractivity (Wildman–Crippen MR) is 142 cm³/mol. The van der Waals surface area contributed by atoms with Gasteiger partial charge in [0.05, 0.1) is 23.9 Å². The van der Waals surface area contributed by atoms with Crippen molar-refractivity contribution in [1.82, 2.24) is 15.1 Å². The van der Waals surface area contributed by atoms with Crippen LogP contribution in [0.1, 0.15) is 37.3 Å². The van der Waals surface area contributed by atoms with Gasteiger partial charge in [0.1, 0.15) is 22.8 Å². The lowest BCUT2D eigenvalue weighted by Crippen LogP contribution is -2.67. The van der Waals surface area contributed by atoms with Crippen LogP contribution in [0.4, 0.5) is 0 Å². The van der Waals surface area contributed by atoms with Crippen LogP contribution in [0.15, 0.2) is 35.1 Å². The average molecular weight is 564 g/mol. The fourth-order valence-electron chi connectivity index (χ4n) is 6.70. The first-order valence-electron chi connectivity index (χ1n) is 12.7. The molecule has 6 N–H and O–H groups in total. The van der Waals surface area contributed by atoms with Gasteiger partial charge in [-0.2, -0.15) is 0 Å². The van der Waals surface area contributed by atoms with Crippen molar-refractivity contribution in [2.75, 3.05) is 33.9 Å². The molecule has 1 aliphatic heterocycles. The number of aliphatic hydroxyl groups is 4. The van der Waals surface area contributed by atoms with Gasteiger partial charge < -0.3 is 30.8 Å². The van der Waals surface area contributed by atoms with Gasteiger partial charge >= 0.3 is 0 Å². The summed E-state index contributed by atoms with van der Waals surface area (Å²) in [7, 11) is 3.12. The van der Waals surface area contributed by atoms with E-state index >= 15 is 0 Å². The number of rotatable bonds is 4. The molecule has 0 aromatic heterocycles. The number of phenolic OH excluding ortho intramolecular Hbond substituents is 1. The molecule has 1 aromatic rings. The van der Waals surface area contributed by atoms with E-state index in [9.17, 15) is 39.9 Å². The van der Waals surface area contributed by atoms with Crippen molar-refractivity contribution in [3.8, 4) is 5.75 Å². The third-order valence-electron chi connectivity index (χ3n) is 8.66. The zero-order valence-corrected chi connectivity index (χ0v) is 22.8. The standard InChI is InChI=1S/C27H33N3O8.ClH/c1-26(37)13-7-6-8-16(31)17(13)21(32)18-14(26)11-15-20(29(2)3)22(33)19(24(35)27(15,38)23(18)34)25(36)28-12-30-9-4-5-10-30;/h6-8,14-15,20,31-32,35,37-38H,4-5,9-12H2,1-3H3,(H,28,36);1H/t14-,15-,20-,26+,27-;/m0./s1. The maximum absolute atomic E-state index is 14.0. The summed E-state index contributed by atoms with van der Waals surface area (Å²) in [4.78, 5) is 44.3. The van der Waals surface area contributed by atoms with Crippen molar-refractivity contribution in [2.24, 2.45) is 11.8 Å². The van der Waals surface area contributed by atoms with Crippen LogP contribution in [0.2, 0.25) is 0 Å². The number of phenols is 1. The summed E-state index contributed by atoms with van der Waals surface area (Å²) in [6, 6.07) is 3.12. The first-order chi connectivity index (χ1) is 17.8. The molecule has 39 heavy (non-hydrogen) atoms. The molecule has 1 saturated heterocycles. The Morgan fingerprint density at radius 2 is 1.77 bits per heavy atom. The summed E-state index contributed by atoms with van der Waals surface area (Å²) in [6.45, 7) is 3.11. The van der Waals surface area contributed by atoms with Gasteiger partial charge in [-0.05, 0) is 65.0 Å². The van der Waals surface area contributed by atoms with Crippen LogP contribution in [0.25, 0.3) is 5.76 Å². The number of carbonyl (C=O) groups excluding carboxylic acids is 3. The summed E-state index contributed by atoms with van der Waals surface area (Å²) in [5.74, 6) is -7.17. The molecule has 1 aromatic carbocycles. The quantitative estimate of drug-likeness (QED) is 0.287. The molecule has 212 valence electrons. The third-order valence-corrected chi connectivity index (χ3v) is 8.66. The first kappa shape index (κ1) is 29.0. The smallest absolute Gasteiger partial charge is 0.259 e. The molecule has 2 fully saturated rings. The van der Waals surface area contributed by atoms with Gasteiger partial charge in [-0.15, -0.1) is 12.4 Å². The monoisotopic (exact) mass is 563 g/mol. The Hall–Kier alpha value is -2.96. The maximum atomic E-state index is 14.0. The number of likely N-dealkylation sites (N-methyl/N-ethyl adjacent to an activating group) is 1. The summed E-state index contributed by atoms with van der Waals surface area (Å²) in [5, 5.41) is 59.0. The van der Waals surface area contributed by atoms with E-state index < -0.39 is 63.6 Å². The number of amides is 1. The molecule has 12 heteroatoms. The minimum absolute atomic E-state index is 0. The van der Waals surface area contributed by atoms with Crippen molar-refractivity contribution in [2.45, 2.75) is 43.4 Å². The summed E-state index contributed by atoms with van der Waals surface area (Å²) < 4.78 is 0. The van der Waals surface area contributed by atoms with E-state index in [-0.39, 0.29) is 47.9 Å². The van der Waals surface area contributed by atoms with Crippen LogP contribution in [0.3, 0.4) is 0 Å². The van der Waals surface area contributed by atoms with E-state index in [1.807, 2.05) is 4.90 Å². The summed E-state index contributed by atoms with van der Waals surface area (Å²) in [6.07, 6.45) is 1.78. The molecule has 5 atom stereocenters. The Labute approximate surface area is 231 Å². The van der Waals surface area contributed by atoms with E-state index in [0.29, 0.717) is 0 Å². The highest BCUT2D eigenvalue weighted by Gasteiger charge is 2.66. The molecule has 1 heterocycles. The lowest BCUT2D eigenvalue weighted by molar-refractivity contribution is -0.159. The molecule has 4 aliphatic rings. The SMILES string of the molecule is CN(C)[C@@H]1C(=O)C(C(=O)NCN2CCCC2)=C(O)[C@@]2(O)C(=O)C3=C(O)c4c(O)cccc4[C@@](C)(O)[C@H]3C[C@@H]12.Cl. The van der Waals surface area contributed by atoms with E-state index in [0.717, 1.165) is 25.9 Å². The zero-order chi connectivity index (χ0) is 27.7. The van der Waals surface area contributed by atoms with Crippen molar-refractivity contribution >= 4 is 35.6 Å². The number of nitrogens with zero attached hydrogens (tertiary/aromatic N) is 2. The highest BCUT2D eigenvalue weighted by Crippen LogP contribution is 2.57. The molecule has 0 radical (unpaired) electrons. The average Bonchev–Trinajstić information content (AvgIpc) is 3.37. The lowest BCUT2D eigenvalue weighted by Gasteiger charge is -2.53. The number of ketones is 2. The van der Waals surface area contributed by atoms with Crippen LogP contribution in [0.5, 0.6) is 5.75 Å². The summed E-state index contributed by atoms with van der Waals surface area (Å²) in [5.41, 5.74) is -5.54. The second kappa shape index (κ2) is 9.90. The Morgan fingerprint density at radius 1 is 1.13 bits per heavy atom. The van der Waals surface area contributed by atoms with Crippen molar-refractivity contribution < 1.29 is 39.9 Å². The Morgan fingerprint density at radius 3 is 2.38 bits per heavy atom. The highest BCUT2D eigenvalue weighted by atomic mass is 35.5. The molecule has 3 aliphatic carbocycles. The van der Waals surface area contributed by atoms with Crippen LogP contribution in [0, 0.1) is 11.8 Å². The minimum atomic E-state index is -2.72. The number of nitrogens with one attached hydrogen (secondary N) is 1. The molecular formula is C27H34ClN3O8. The fourth-order valence-corrected chi connectivity index (χ4v) is 6.70. The number of halogens is 1. The molecule has 0 spiro atoms. The Balaban J connectivity index is 0.00000353. The molecule has 1 saturated carbocycles. The van der Waals surface area contributed by atoms with Gasteiger partial charge in [0.15, 0.2) is 11.4 Å². The van der Waals surface area contributed by atoms with Gasteiger partial charge in [-0.1, -0.05) is 12.1 Å². The molecular weight excluding hydrogens is 530 g/mol. The lowest BCUT2D eigenvalue weighted by atomic mass is 9.54. The van der Waals surface area contributed by atoms with Gasteiger partial charge in [-0.3, -0.25) is 24.2 Å². The van der Waals surface area contributed by atoms with Crippen LogP contribution < -0.4 is 5.32 Å². The maximum Gasteiger partial charge on any atom is 0.259 e. The van der Waals surface area contributed by atoms with Crippen molar-refractivity contribution in [3.63, 3.8) is 0 Å². The zero-order valence-electron chi connectivity index (χ0n) is 22.0. The molecule has 11 nitrogen and oxygen atoms in total. The highest BCUT2D eigenvalue weighted by molar-refractivity contribution is 6.25. The molecule has 5 rings (SSSR count). The number of aliphatic hydroxyl groups excluding tert-OH is 2. The Kier molecular flexibility index (Phi) is 7.37. The van der Waals surface area contributed by atoms with E-state index in [4.69, 9.17) is 0 Å². The number of benzene rings is 1. The third kappa shape index (κ3) is 4.06. The second-order valence-electron chi connectivity index (χ2n) is 11.1. The van der Waals surface area contributed by atoms with Gasteiger partial charge in [0.2, 0.25) is 5.78 Å². The molecule has 1 amide bonds. The number of hydrogen-bond donors (Lipinski definition) is 6. The van der Waals surface area contributed by atoms with Gasteiger partial charge in [-0.25, -0.2) is 0 Å². The molecule has 0 bridgehead atoms. The number of aromatic hydroxyl groups is 1. The fraction of sp³-hybridized carbons (Fsp3) is 0.519. The van der Waals surface area contributed by atoms with Gasteiger partial charge in [0.25, 0.3) is 5.91 Å². The number of carbonyl (C=O) groups is 3. The van der Waals surface area contributed by atoms with Crippen LogP contribution in [-0.4, -0.2) is 98.3 Å². The normalized spacial score (nSPS) is 32.5. The van der Waals surface area contributed by atoms with E-state index in [2.05, 4.69) is 5.32 Å². The topological polar surface area (TPSA) is 171 Å². The van der Waals surface area contributed by atoms with E-state index in [1.165, 1.54) is 30.0 Å². The first-order valence-corrected chi connectivity index (χ1v) is 12.7. The number of hydrogen-bond acceptors (Lipinski definition) is 10. The van der Waals surface area contributed by atoms with E-state index in [1.54, 1.807) is 14.1 Å². The number of fused-ring (bicyclic) bond motifs is 3. The minimum Gasteiger partial charge on any atom is -0.508 e. The Bertz CT molecular complexity index is 1300. The molecule has 0 unspecified atom stereocenters. The van der Waals surface area contributed by atoms with Crippen molar-refractivity contribution in [3.05, 3.63) is 46.2 Å². The largest absolute Gasteiger partial charge is 0.508 e.